The summed E-state index contributed by atoms with van der Waals surface area (Å²) in [6.07, 6.45) is 6.68. The minimum Gasteiger partial charge on any atom is -0.342 e. The predicted molar refractivity (Wildman–Crippen MR) is 98.7 cm³/mol. The summed E-state index contributed by atoms with van der Waals surface area (Å²) < 4.78 is 0. The molecule has 2 amide bonds. The van der Waals surface area contributed by atoms with Gasteiger partial charge in [0.1, 0.15) is 5.82 Å². The van der Waals surface area contributed by atoms with Gasteiger partial charge in [-0.25, -0.2) is 4.98 Å². The Balaban J connectivity index is 1.57. The second-order valence-electron chi connectivity index (χ2n) is 7.64. The number of halogens is 1. The van der Waals surface area contributed by atoms with Crippen LogP contribution in [-0.2, 0) is 16.0 Å². The highest BCUT2D eigenvalue weighted by Crippen LogP contribution is 2.39. The van der Waals surface area contributed by atoms with E-state index in [0.29, 0.717) is 25.1 Å². The first-order valence-corrected chi connectivity index (χ1v) is 10.0. The van der Waals surface area contributed by atoms with E-state index in [2.05, 4.69) is 22.1 Å². The third kappa shape index (κ3) is 4.55. The number of aryl methyl sites for hydroxylation is 1. The molecule has 0 radical (unpaired) electrons. The van der Waals surface area contributed by atoms with Gasteiger partial charge < -0.3 is 9.80 Å². The zero-order valence-electron chi connectivity index (χ0n) is 15.5. The molecule has 1 N–H and O–H groups in total. The quantitative estimate of drug-likeness (QED) is 0.820. The van der Waals surface area contributed by atoms with Gasteiger partial charge in [-0.3, -0.25) is 14.7 Å². The average Bonchev–Trinajstić information content (AvgIpc) is 3.06. The van der Waals surface area contributed by atoms with Gasteiger partial charge in [0, 0.05) is 50.9 Å². The number of nitrogens with one attached hydrogen (secondary N) is 1. The second-order valence-corrected chi connectivity index (χ2v) is 7.98. The maximum Gasteiger partial charge on any atom is 0.242 e. The Morgan fingerprint density at radius 2 is 2.19 bits per heavy atom. The van der Waals surface area contributed by atoms with E-state index in [4.69, 9.17) is 11.6 Å². The Hall–Kier alpha value is -1.63. The third-order valence-electron chi connectivity index (χ3n) is 5.62. The molecule has 0 unspecified atom stereocenters. The van der Waals surface area contributed by atoms with Gasteiger partial charge in [-0.05, 0) is 37.3 Å². The molecule has 2 aliphatic rings. The van der Waals surface area contributed by atoms with E-state index in [-0.39, 0.29) is 22.5 Å². The van der Waals surface area contributed by atoms with Crippen molar-refractivity contribution >= 4 is 23.4 Å². The number of aromatic amines is 1. The largest absolute Gasteiger partial charge is 0.342 e. The van der Waals surface area contributed by atoms with Crippen molar-refractivity contribution in [1.29, 1.82) is 0 Å². The highest BCUT2D eigenvalue weighted by atomic mass is 35.5. The third-order valence-corrected chi connectivity index (χ3v) is 5.79. The molecule has 3 heterocycles. The van der Waals surface area contributed by atoms with Crippen LogP contribution >= 0.6 is 11.6 Å². The molecular formula is C18H28ClN5O2. The van der Waals surface area contributed by atoms with Gasteiger partial charge in [0.25, 0.3) is 0 Å². The van der Waals surface area contributed by atoms with Crippen LogP contribution in [0.2, 0.25) is 5.28 Å². The smallest absolute Gasteiger partial charge is 0.242 e. The van der Waals surface area contributed by atoms with Crippen molar-refractivity contribution in [2.45, 2.75) is 58.3 Å². The highest BCUT2D eigenvalue weighted by Gasteiger charge is 2.42. The van der Waals surface area contributed by atoms with Gasteiger partial charge in [0.15, 0.2) is 0 Å². The summed E-state index contributed by atoms with van der Waals surface area (Å²) >= 11 is 5.70. The SMILES string of the molecule is CCCCN1C[C@@]2(CCCN(C(=O)CCc3nc(Cl)n[nH]3)C2)CCC1=O. The molecule has 0 aromatic carbocycles. The fraction of sp³-hybridized carbons (Fsp3) is 0.778. The topological polar surface area (TPSA) is 82.2 Å². The molecule has 8 heteroatoms. The Morgan fingerprint density at radius 1 is 1.35 bits per heavy atom. The van der Waals surface area contributed by atoms with Crippen LogP contribution in [0.3, 0.4) is 0 Å². The lowest BCUT2D eigenvalue weighted by atomic mass is 9.73. The number of H-pyrrole nitrogens is 1. The van der Waals surface area contributed by atoms with Crippen molar-refractivity contribution in [1.82, 2.24) is 25.0 Å². The van der Waals surface area contributed by atoms with Crippen molar-refractivity contribution in [3.05, 3.63) is 11.1 Å². The molecule has 2 fully saturated rings. The van der Waals surface area contributed by atoms with Crippen molar-refractivity contribution in [2.24, 2.45) is 5.41 Å². The first-order valence-electron chi connectivity index (χ1n) is 9.64. The van der Waals surface area contributed by atoms with Gasteiger partial charge in [-0.15, -0.1) is 5.10 Å². The molecule has 0 aliphatic carbocycles. The average molecular weight is 382 g/mol. The molecule has 1 aromatic heterocycles. The molecule has 0 bridgehead atoms. The summed E-state index contributed by atoms with van der Waals surface area (Å²) in [6.45, 7) is 5.36. The number of rotatable bonds is 6. The number of hydrogen-bond acceptors (Lipinski definition) is 4. The molecule has 1 aromatic rings. The van der Waals surface area contributed by atoms with Crippen LogP contribution in [-0.4, -0.2) is 63.0 Å². The summed E-state index contributed by atoms with van der Waals surface area (Å²) in [5.41, 5.74) is 0.0745. The molecule has 2 saturated heterocycles. The molecule has 0 saturated carbocycles. The van der Waals surface area contributed by atoms with Crippen molar-refractivity contribution in [3.63, 3.8) is 0 Å². The number of hydrogen-bond donors (Lipinski definition) is 1. The van der Waals surface area contributed by atoms with Gasteiger partial charge in [-0.2, -0.15) is 0 Å². The summed E-state index contributed by atoms with van der Waals surface area (Å²) in [4.78, 5) is 32.9. The lowest BCUT2D eigenvalue weighted by molar-refractivity contribution is -0.143. The van der Waals surface area contributed by atoms with Crippen LogP contribution in [0, 0.1) is 5.41 Å². The Kier molecular flexibility index (Phi) is 6.16. The summed E-state index contributed by atoms with van der Waals surface area (Å²) in [5.74, 6) is 1.06. The maximum atomic E-state index is 12.7. The van der Waals surface area contributed by atoms with Crippen LogP contribution in [0.15, 0.2) is 0 Å². The van der Waals surface area contributed by atoms with Crippen molar-refractivity contribution < 1.29 is 9.59 Å². The first-order chi connectivity index (χ1) is 12.5. The number of carbonyl (C=O) groups excluding carboxylic acids is 2. The number of aromatic nitrogens is 3. The minimum atomic E-state index is 0.0745. The number of nitrogens with zero attached hydrogens (tertiary/aromatic N) is 4. The van der Waals surface area contributed by atoms with Gasteiger partial charge in [0.2, 0.25) is 17.1 Å². The van der Waals surface area contributed by atoms with Crippen molar-refractivity contribution in [2.75, 3.05) is 26.2 Å². The van der Waals surface area contributed by atoms with Gasteiger partial charge >= 0.3 is 0 Å². The molecule has 144 valence electrons. The number of unbranched alkanes of at least 4 members (excludes halogenated alkanes) is 1. The molecule has 2 aliphatic heterocycles. The van der Waals surface area contributed by atoms with Crippen LogP contribution < -0.4 is 0 Å². The van der Waals surface area contributed by atoms with Crippen LogP contribution in [0.1, 0.15) is 57.7 Å². The lowest BCUT2D eigenvalue weighted by Crippen LogP contribution is -2.55. The molecule has 1 atom stereocenters. The molecule has 26 heavy (non-hydrogen) atoms. The van der Waals surface area contributed by atoms with E-state index in [1.54, 1.807) is 0 Å². The molecule has 1 spiro atoms. The number of amides is 2. The summed E-state index contributed by atoms with van der Waals surface area (Å²) in [6, 6.07) is 0. The maximum absolute atomic E-state index is 12.7. The first kappa shape index (κ1) is 19.1. The Morgan fingerprint density at radius 3 is 2.92 bits per heavy atom. The monoisotopic (exact) mass is 381 g/mol. The van der Waals surface area contributed by atoms with Crippen LogP contribution in [0.25, 0.3) is 0 Å². The fourth-order valence-corrected chi connectivity index (χ4v) is 4.32. The normalized spacial score (nSPS) is 23.7. The van der Waals surface area contributed by atoms with Gasteiger partial charge in [-0.1, -0.05) is 13.3 Å². The van der Waals surface area contributed by atoms with E-state index in [1.165, 1.54) is 0 Å². The number of likely N-dealkylation sites (tertiary alicyclic amines) is 2. The summed E-state index contributed by atoms with van der Waals surface area (Å²) in [5, 5.41) is 6.71. The van der Waals surface area contributed by atoms with E-state index in [9.17, 15) is 9.59 Å². The number of piperidine rings is 2. The van der Waals surface area contributed by atoms with E-state index >= 15 is 0 Å². The molecule has 7 nitrogen and oxygen atoms in total. The molecular weight excluding hydrogens is 354 g/mol. The number of carbonyl (C=O) groups is 2. The standard InChI is InChI=1S/C18H28ClN5O2/c1-2-3-10-23-12-18(9-7-16(23)26)8-4-11-24(13-18)15(25)6-5-14-20-17(19)22-21-14/h2-13H2,1H3,(H,20,21,22)/t18-/m1/s1. The van der Waals surface area contributed by atoms with E-state index in [0.717, 1.165) is 58.3 Å². The zero-order valence-corrected chi connectivity index (χ0v) is 16.2. The zero-order chi connectivity index (χ0) is 18.6. The lowest BCUT2D eigenvalue weighted by Gasteiger charge is -2.48. The minimum absolute atomic E-state index is 0.0745. The highest BCUT2D eigenvalue weighted by molar-refractivity contribution is 6.28. The summed E-state index contributed by atoms with van der Waals surface area (Å²) in [7, 11) is 0. The predicted octanol–water partition coefficient (Wildman–Crippen LogP) is 2.42. The van der Waals surface area contributed by atoms with Crippen LogP contribution in [0.5, 0.6) is 0 Å². The van der Waals surface area contributed by atoms with Gasteiger partial charge in [0.05, 0.1) is 0 Å². The van der Waals surface area contributed by atoms with E-state index in [1.807, 2.05) is 9.80 Å². The fourth-order valence-electron chi connectivity index (χ4n) is 4.18. The Bertz CT molecular complexity index is 649. The van der Waals surface area contributed by atoms with E-state index < -0.39 is 0 Å². The Labute approximate surface area is 159 Å². The van der Waals surface area contributed by atoms with Crippen molar-refractivity contribution in [3.8, 4) is 0 Å². The molecule has 3 rings (SSSR count). The second kappa shape index (κ2) is 8.37. The van der Waals surface area contributed by atoms with Crippen LogP contribution in [0.4, 0.5) is 0 Å².